The zero-order valence-corrected chi connectivity index (χ0v) is 18.0. The summed E-state index contributed by atoms with van der Waals surface area (Å²) in [6, 6.07) is 7.97. The van der Waals surface area contributed by atoms with Gasteiger partial charge in [-0.1, -0.05) is 26.0 Å². The van der Waals surface area contributed by atoms with E-state index in [0.29, 0.717) is 38.5 Å². The van der Waals surface area contributed by atoms with E-state index in [9.17, 15) is 4.79 Å². The normalized spacial score (nSPS) is 15.4. The van der Waals surface area contributed by atoms with E-state index in [1.165, 1.54) is 0 Å². The van der Waals surface area contributed by atoms with Crippen LogP contribution in [0, 0.1) is 5.41 Å². The molecule has 0 radical (unpaired) electrons. The van der Waals surface area contributed by atoms with Gasteiger partial charge in [0.15, 0.2) is 0 Å². The van der Waals surface area contributed by atoms with Gasteiger partial charge in [0.1, 0.15) is 5.82 Å². The first-order chi connectivity index (χ1) is 12.5. The smallest absolute Gasteiger partial charge is 0.232 e. The van der Waals surface area contributed by atoms with Gasteiger partial charge in [0.05, 0.1) is 5.41 Å². The Morgan fingerprint density at radius 3 is 2.68 bits per heavy atom. The number of benzene rings is 1. The Morgan fingerprint density at radius 1 is 1.32 bits per heavy atom. The molecule has 3 rings (SSSR count). The third-order valence-corrected chi connectivity index (χ3v) is 5.12. The second-order valence-electron chi connectivity index (χ2n) is 7.32. The van der Waals surface area contributed by atoms with Crippen LogP contribution in [0.1, 0.15) is 44.0 Å². The number of nitrogens with one attached hydrogen (secondary N) is 1. The molecule has 156 valence electrons. The highest BCUT2D eigenvalue weighted by atomic mass is 35.5. The average molecular weight is 429 g/mol. The Labute approximate surface area is 179 Å². The first-order valence-electron chi connectivity index (χ1n) is 9.23. The molecule has 0 spiro atoms. The van der Waals surface area contributed by atoms with Crippen molar-refractivity contribution in [3.05, 3.63) is 48.0 Å². The summed E-state index contributed by atoms with van der Waals surface area (Å²) >= 11 is 0. The largest absolute Gasteiger partial charge is 0.381 e. The maximum Gasteiger partial charge on any atom is 0.232 e. The topological polar surface area (TPSA) is 82.2 Å². The van der Waals surface area contributed by atoms with E-state index in [-0.39, 0.29) is 30.7 Å². The molecule has 0 aliphatic carbocycles. The zero-order chi connectivity index (χ0) is 18.6. The van der Waals surface area contributed by atoms with Crippen molar-refractivity contribution in [2.45, 2.75) is 39.2 Å². The van der Waals surface area contributed by atoms with Gasteiger partial charge in [-0.3, -0.25) is 4.79 Å². The van der Waals surface area contributed by atoms with E-state index < -0.39 is 5.41 Å². The molecule has 6 nitrogen and oxygen atoms in total. The lowest BCUT2D eigenvalue weighted by atomic mass is 9.79. The lowest BCUT2D eigenvalue weighted by Crippen LogP contribution is -2.46. The van der Waals surface area contributed by atoms with Crippen LogP contribution in [-0.2, 0) is 16.1 Å². The molecule has 3 N–H and O–H groups in total. The summed E-state index contributed by atoms with van der Waals surface area (Å²) in [7, 11) is 0. The van der Waals surface area contributed by atoms with E-state index in [0.717, 1.165) is 23.6 Å². The number of hydrogen-bond donors (Lipinski definition) is 2. The van der Waals surface area contributed by atoms with Crippen LogP contribution >= 0.6 is 24.8 Å². The van der Waals surface area contributed by atoms with Crippen molar-refractivity contribution >= 4 is 36.4 Å². The minimum Gasteiger partial charge on any atom is -0.381 e. The lowest BCUT2D eigenvalue weighted by molar-refractivity contribution is -0.130. The van der Waals surface area contributed by atoms with Crippen molar-refractivity contribution in [3.63, 3.8) is 0 Å². The van der Waals surface area contributed by atoms with Crippen molar-refractivity contribution < 1.29 is 9.53 Å². The molecule has 1 aliphatic rings. The number of anilines is 1. The van der Waals surface area contributed by atoms with E-state index in [1.54, 1.807) is 0 Å². The molecule has 1 aromatic heterocycles. The van der Waals surface area contributed by atoms with Crippen LogP contribution in [-0.4, -0.2) is 35.2 Å². The molecule has 2 heterocycles. The van der Waals surface area contributed by atoms with Crippen LogP contribution < -0.4 is 11.1 Å². The summed E-state index contributed by atoms with van der Waals surface area (Å²) in [6.45, 7) is 6.51. The second-order valence-corrected chi connectivity index (χ2v) is 7.32. The van der Waals surface area contributed by atoms with Crippen LogP contribution in [0.5, 0.6) is 0 Å². The van der Waals surface area contributed by atoms with Crippen LogP contribution in [0.15, 0.2) is 36.7 Å². The SMILES string of the molecule is CC(C)c1nccn1Cc1cccc(NC(=O)C2(CN)CCOCC2)c1.Cl.Cl. The maximum absolute atomic E-state index is 12.8. The van der Waals surface area contributed by atoms with Gasteiger partial charge in [-0.25, -0.2) is 4.98 Å². The lowest BCUT2D eigenvalue weighted by Gasteiger charge is -2.34. The van der Waals surface area contributed by atoms with Gasteiger partial charge >= 0.3 is 0 Å². The monoisotopic (exact) mass is 428 g/mol. The number of nitrogens with zero attached hydrogens (tertiary/aromatic N) is 2. The fourth-order valence-electron chi connectivity index (χ4n) is 3.45. The Balaban J connectivity index is 0.00000196. The number of ether oxygens (including phenoxy) is 1. The first-order valence-corrected chi connectivity index (χ1v) is 9.23. The van der Waals surface area contributed by atoms with E-state index >= 15 is 0 Å². The number of amides is 1. The number of aromatic nitrogens is 2. The molecule has 0 atom stereocenters. The van der Waals surface area contributed by atoms with E-state index in [2.05, 4.69) is 34.8 Å². The molecule has 1 fully saturated rings. The minimum absolute atomic E-state index is 0. The second kappa shape index (κ2) is 10.8. The van der Waals surface area contributed by atoms with Gasteiger partial charge in [-0.05, 0) is 30.5 Å². The van der Waals surface area contributed by atoms with E-state index in [4.69, 9.17) is 10.5 Å². The summed E-state index contributed by atoms with van der Waals surface area (Å²) in [5, 5.41) is 3.06. The first kappa shape index (κ1) is 24.4. The van der Waals surface area contributed by atoms with Crippen molar-refractivity contribution in [1.29, 1.82) is 0 Å². The minimum atomic E-state index is -0.524. The molecule has 8 heteroatoms. The Kier molecular flexibility index (Phi) is 9.44. The van der Waals surface area contributed by atoms with Crippen LogP contribution in [0.4, 0.5) is 5.69 Å². The molecule has 0 saturated carbocycles. The molecule has 28 heavy (non-hydrogen) atoms. The molecule has 1 aliphatic heterocycles. The highest BCUT2D eigenvalue weighted by Gasteiger charge is 2.38. The van der Waals surface area contributed by atoms with Gasteiger partial charge < -0.3 is 20.4 Å². The quantitative estimate of drug-likeness (QED) is 0.735. The molecule has 0 unspecified atom stereocenters. The Hall–Kier alpha value is -1.60. The molecule has 0 bridgehead atoms. The molecule has 1 amide bonds. The van der Waals surface area contributed by atoms with Crippen molar-refractivity contribution in [2.24, 2.45) is 11.1 Å². The number of imidazole rings is 1. The van der Waals surface area contributed by atoms with Crippen LogP contribution in [0.3, 0.4) is 0 Å². The number of hydrogen-bond acceptors (Lipinski definition) is 4. The number of carbonyl (C=O) groups is 1. The summed E-state index contributed by atoms with van der Waals surface area (Å²) in [5.41, 5.74) is 7.33. The fraction of sp³-hybridized carbons (Fsp3) is 0.500. The van der Waals surface area contributed by atoms with E-state index in [1.807, 2.05) is 30.6 Å². The Bertz CT molecular complexity index is 758. The van der Waals surface area contributed by atoms with Gasteiger partial charge in [0.2, 0.25) is 5.91 Å². The zero-order valence-electron chi connectivity index (χ0n) is 16.4. The standard InChI is InChI=1S/C20H28N4O2.2ClH/c1-15(2)18-22-8-9-24(18)13-16-4-3-5-17(12-16)23-19(25)20(14-21)6-10-26-11-7-20;;/h3-5,8-9,12,15H,6-7,10-11,13-14,21H2,1-2H3,(H,23,25);2*1H. The number of nitrogens with two attached hydrogens (primary N) is 1. The molecular formula is C20H30Cl2N4O2. The number of rotatable bonds is 6. The van der Waals surface area contributed by atoms with Crippen molar-refractivity contribution in [3.8, 4) is 0 Å². The molecule has 1 aromatic carbocycles. The van der Waals surface area contributed by atoms with Crippen molar-refractivity contribution in [2.75, 3.05) is 25.1 Å². The number of halogens is 2. The molecular weight excluding hydrogens is 399 g/mol. The summed E-state index contributed by atoms with van der Waals surface area (Å²) in [5.74, 6) is 1.42. The van der Waals surface area contributed by atoms with Crippen LogP contribution in [0.2, 0.25) is 0 Å². The summed E-state index contributed by atoms with van der Waals surface area (Å²) < 4.78 is 7.54. The molecule has 2 aromatic rings. The predicted molar refractivity (Wildman–Crippen MR) is 117 cm³/mol. The maximum atomic E-state index is 12.8. The summed E-state index contributed by atoms with van der Waals surface area (Å²) in [6.07, 6.45) is 5.16. The van der Waals surface area contributed by atoms with Gasteiger partial charge in [-0.2, -0.15) is 0 Å². The average Bonchev–Trinajstić information content (AvgIpc) is 3.11. The van der Waals surface area contributed by atoms with Gasteiger partial charge in [0.25, 0.3) is 0 Å². The third kappa shape index (κ3) is 5.47. The van der Waals surface area contributed by atoms with Crippen molar-refractivity contribution in [1.82, 2.24) is 9.55 Å². The number of carbonyl (C=O) groups excluding carboxylic acids is 1. The highest BCUT2D eigenvalue weighted by molar-refractivity contribution is 5.95. The fourth-order valence-corrected chi connectivity index (χ4v) is 3.45. The van der Waals surface area contributed by atoms with Crippen LogP contribution in [0.25, 0.3) is 0 Å². The highest BCUT2D eigenvalue weighted by Crippen LogP contribution is 2.31. The Morgan fingerprint density at radius 2 is 2.04 bits per heavy atom. The van der Waals surface area contributed by atoms with Gasteiger partial charge in [-0.15, -0.1) is 24.8 Å². The summed E-state index contributed by atoms with van der Waals surface area (Å²) in [4.78, 5) is 17.3. The molecule has 1 saturated heterocycles. The third-order valence-electron chi connectivity index (χ3n) is 5.12. The van der Waals surface area contributed by atoms with Gasteiger partial charge in [0, 0.05) is 50.3 Å². The predicted octanol–water partition coefficient (Wildman–Crippen LogP) is 3.59.